The fraction of sp³-hybridized carbons (Fsp3) is 0.444. The summed E-state index contributed by atoms with van der Waals surface area (Å²) in [6.45, 7) is 0. The van der Waals surface area contributed by atoms with Crippen LogP contribution in [0.2, 0.25) is 0 Å². The fourth-order valence-electron chi connectivity index (χ4n) is 1.27. The summed E-state index contributed by atoms with van der Waals surface area (Å²) in [6.07, 6.45) is 4.35. The summed E-state index contributed by atoms with van der Waals surface area (Å²) in [7, 11) is 0. The molecular formula is C9H12N2. The Morgan fingerprint density at radius 3 is 2.82 bits per heavy atom. The quantitative estimate of drug-likeness (QED) is 0.690. The number of hydrogen-bond acceptors (Lipinski definition) is 2. The topological polar surface area (TPSA) is 38.9 Å². The lowest BCUT2D eigenvalue weighted by atomic mass is 10.1. The molecule has 1 aromatic heterocycles. The van der Waals surface area contributed by atoms with Gasteiger partial charge in [0.1, 0.15) is 0 Å². The third-order valence-electron chi connectivity index (χ3n) is 2.16. The summed E-state index contributed by atoms with van der Waals surface area (Å²) in [4.78, 5) is 4.21. The third-order valence-corrected chi connectivity index (χ3v) is 2.16. The molecule has 0 saturated heterocycles. The lowest BCUT2D eigenvalue weighted by Crippen LogP contribution is -2.13. The Hall–Kier alpha value is -0.890. The minimum atomic E-state index is 0.177. The molecule has 58 valence electrons. The molecule has 2 N–H and O–H groups in total. The van der Waals surface area contributed by atoms with Gasteiger partial charge in [-0.3, -0.25) is 4.98 Å². The molecule has 1 atom stereocenters. The fourth-order valence-corrected chi connectivity index (χ4v) is 1.27. The highest BCUT2D eigenvalue weighted by Crippen LogP contribution is 2.38. The van der Waals surface area contributed by atoms with Gasteiger partial charge in [-0.1, -0.05) is 6.07 Å². The number of nitrogens with zero attached hydrogens (tertiary/aromatic N) is 1. The summed E-state index contributed by atoms with van der Waals surface area (Å²) in [5.41, 5.74) is 6.97. The zero-order valence-corrected chi connectivity index (χ0v) is 6.40. The molecule has 0 bridgehead atoms. The van der Waals surface area contributed by atoms with Crippen molar-refractivity contribution in [1.82, 2.24) is 4.98 Å². The Morgan fingerprint density at radius 1 is 1.45 bits per heavy atom. The summed E-state index contributed by atoms with van der Waals surface area (Å²) >= 11 is 0. The second-order valence-corrected chi connectivity index (χ2v) is 3.12. The van der Waals surface area contributed by atoms with E-state index in [1.807, 2.05) is 18.2 Å². The van der Waals surface area contributed by atoms with Crippen LogP contribution in [0, 0.1) is 5.92 Å². The molecule has 2 rings (SSSR count). The smallest absolute Gasteiger partial charge is 0.0573 e. The third kappa shape index (κ3) is 1.40. The van der Waals surface area contributed by atoms with Crippen molar-refractivity contribution in [2.24, 2.45) is 11.7 Å². The van der Waals surface area contributed by atoms with Crippen LogP contribution in [0.5, 0.6) is 0 Å². The molecule has 1 fully saturated rings. The van der Waals surface area contributed by atoms with Gasteiger partial charge < -0.3 is 5.73 Å². The average molecular weight is 148 g/mol. The minimum absolute atomic E-state index is 0.177. The maximum Gasteiger partial charge on any atom is 0.0573 e. The van der Waals surface area contributed by atoms with Crippen LogP contribution in [0.4, 0.5) is 0 Å². The Morgan fingerprint density at radius 2 is 2.27 bits per heavy atom. The van der Waals surface area contributed by atoms with Crippen LogP contribution in [-0.4, -0.2) is 4.98 Å². The Kier molecular flexibility index (Phi) is 1.62. The molecule has 0 spiro atoms. The highest BCUT2D eigenvalue weighted by molar-refractivity contribution is 5.10. The maximum atomic E-state index is 5.94. The van der Waals surface area contributed by atoms with Crippen LogP contribution in [-0.2, 0) is 0 Å². The predicted molar refractivity (Wildman–Crippen MR) is 43.9 cm³/mol. The van der Waals surface area contributed by atoms with E-state index in [2.05, 4.69) is 4.98 Å². The van der Waals surface area contributed by atoms with E-state index < -0.39 is 0 Å². The molecule has 1 aliphatic carbocycles. The highest BCUT2D eigenvalue weighted by Gasteiger charge is 2.29. The summed E-state index contributed by atoms with van der Waals surface area (Å²) < 4.78 is 0. The molecule has 0 aliphatic heterocycles. The van der Waals surface area contributed by atoms with Gasteiger partial charge in [0.25, 0.3) is 0 Å². The first-order valence-electron chi connectivity index (χ1n) is 4.04. The van der Waals surface area contributed by atoms with Crippen LogP contribution in [0.25, 0.3) is 0 Å². The van der Waals surface area contributed by atoms with E-state index in [-0.39, 0.29) is 6.04 Å². The van der Waals surface area contributed by atoms with Crippen molar-refractivity contribution in [2.45, 2.75) is 18.9 Å². The van der Waals surface area contributed by atoms with Crippen LogP contribution in [0.3, 0.4) is 0 Å². The minimum Gasteiger partial charge on any atom is -0.322 e. The van der Waals surface area contributed by atoms with Crippen molar-refractivity contribution in [3.8, 4) is 0 Å². The molecule has 2 nitrogen and oxygen atoms in total. The summed E-state index contributed by atoms with van der Waals surface area (Å²) in [6, 6.07) is 6.09. The summed E-state index contributed by atoms with van der Waals surface area (Å²) in [5.74, 6) is 0.699. The molecule has 0 aromatic carbocycles. The monoisotopic (exact) mass is 148 g/mol. The van der Waals surface area contributed by atoms with Gasteiger partial charge in [0.2, 0.25) is 0 Å². The predicted octanol–water partition coefficient (Wildman–Crippen LogP) is 1.49. The van der Waals surface area contributed by atoms with Crippen LogP contribution < -0.4 is 5.73 Å². The van der Waals surface area contributed by atoms with E-state index in [1.165, 1.54) is 12.8 Å². The second kappa shape index (κ2) is 2.62. The first-order chi connectivity index (χ1) is 5.38. The highest BCUT2D eigenvalue weighted by atomic mass is 14.8. The number of nitrogens with two attached hydrogens (primary N) is 1. The van der Waals surface area contributed by atoms with E-state index in [0.29, 0.717) is 5.92 Å². The van der Waals surface area contributed by atoms with Gasteiger partial charge >= 0.3 is 0 Å². The largest absolute Gasteiger partial charge is 0.322 e. The molecule has 1 aromatic rings. The van der Waals surface area contributed by atoms with Crippen molar-refractivity contribution in [2.75, 3.05) is 0 Å². The number of aromatic nitrogens is 1. The van der Waals surface area contributed by atoms with Gasteiger partial charge in [0.15, 0.2) is 0 Å². The molecular weight excluding hydrogens is 136 g/mol. The van der Waals surface area contributed by atoms with Crippen LogP contribution in [0.15, 0.2) is 24.4 Å². The number of hydrogen-bond donors (Lipinski definition) is 1. The Labute approximate surface area is 66.4 Å². The van der Waals surface area contributed by atoms with Gasteiger partial charge in [0.05, 0.1) is 5.69 Å². The number of rotatable bonds is 2. The first kappa shape index (κ1) is 6.80. The molecule has 1 heterocycles. The van der Waals surface area contributed by atoms with Gasteiger partial charge in [-0.15, -0.1) is 0 Å². The first-order valence-corrected chi connectivity index (χ1v) is 4.04. The van der Waals surface area contributed by atoms with Crippen LogP contribution >= 0.6 is 0 Å². The molecule has 2 heteroatoms. The standard InChI is InChI=1S/C9H12N2/c10-9(7-4-5-7)8-3-1-2-6-11-8/h1-3,6-7,9H,4-5,10H2/t9-/m1/s1. The lowest BCUT2D eigenvalue weighted by Gasteiger charge is -2.07. The second-order valence-electron chi connectivity index (χ2n) is 3.12. The van der Waals surface area contributed by atoms with E-state index in [0.717, 1.165) is 5.69 Å². The Balaban J connectivity index is 2.15. The maximum absolute atomic E-state index is 5.94. The van der Waals surface area contributed by atoms with Crippen molar-refractivity contribution < 1.29 is 0 Å². The normalized spacial score (nSPS) is 19.7. The zero-order chi connectivity index (χ0) is 7.68. The molecule has 0 amide bonds. The number of pyridine rings is 1. The van der Waals surface area contributed by atoms with Gasteiger partial charge in [0, 0.05) is 12.2 Å². The average Bonchev–Trinajstić information content (AvgIpc) is 2.87. The van der Waals surface area contributed by atoms with Crippen LogP contribution in [0.1, 0.15) is 24.6 Å². The SMILES string of the molecule is N[C@@H](c1ccccn1)C1CC1. The van der Waals surface area contributed by atoms with Crippen molar-refractivity contribution in [1.29, 1.82) is 0 Å². The van der Waals surface area contributed by atoms with E-state index in [4.69, 9.17) is 5.73 Å². The molecule has 11 heavy (non-hydrogen) atoms. The molecule has 0 unspecified atom stereocenters. The van der Waals surface area contributed by atoms with E-state index in [1.54, 1.807) is 6.20 Å². The van der Waals surface area contributed by atoms with Gasteiger partial charge in [-0.05, 0) is 30.9 Å². The molecule has 1 saturated carbocycles. The summed E-state index contributed by atoms with van der Waals surface area (Å²) in [5, 5.41) is 0. The Bertz CT molecular complexity index is 229. The lowest BCUT2D eigenvalue weighted by molar-refractivity contribution is 0.615. The zero-order valence-electron chi connectivity index (χ0n) is 6.40. The van der Waals surface area contributed by atoms with E-state index >= 15 is 0 Å². The molecule has 1 aliphatic rings. The van der Waals surface area contributed by atoms with Crippen molar-refractivity contribution in [3.63, 3.8) is 0 Å². The van der Waals surface area contributed by atoms with Crippen molar-refractivity contribution in [3.05, 3.63) is 30.1 Å². The van der Waals surface area contributed by atoms with Gasteiger partial charge in [-0.25, -0.2) is 0 Å². The van der Waals surface area contributed by atoms with Gasteiger partial charge in [-0.2, -0.15) is 0 Å². The molecule has 0 radical (unpaired) electrons. The van der Waals surface area contributed by atoms with Crippen molar-refractivity contribution >= 4 is 0 Å². The van der Waals surface area contributed by atoms with E-state index in [9.17, 15) is 0 Å².